The van der Waals surface area contributed by atoms with Gasteiger partial charge in [-0.3, -0.25) is 4.79 Å². The van der Waals surface area contributed by atoms with Gasteiger partial charge < -0.3 is 15.4 Å². The Hall–Kier alpha value is -1.82. The molecule has 0 aromatic heterocycles. The van der Waals surface area contributed by atoms with Crippen molar-refractivity contribution in [1.82, 2.24) is 10.6 Å². The maximum absolute atomic E-state index is 11.8. The fourth-order valence-electron chi connectivity index (χ4n) is 2.00. The molecule has 2 rings (SSSR count). The predicted molar refractivity (Wildman–Crippen MR) is 93.6 cm³/mol. The lowest BCUT2D eigenvalue weighted by Gasteiger charge is -2.11. The summed E-state index contributed by atoms with van der Waals surface area (Å²) in [4.78, 5) is 14.2. The monoisotopic (exact) mass is 330 g/mol. The summed E-state index contributed by atoms with van der Waals surface area (Å²) < 4.78 is 4.93. The zero-order chi connectivity index (χ0) is 16.3. The third kappa shape index (κ3) is 6.44. The Balaban J connectivity index is 1.86. The average molecular weight is 330 g/mol. The quantitative estimate of drug-likeness (QED) is 0.694. The highest BCUT2D eigenvalue weighted by Gasteiger charge is 2.06. The van der Waals surface area contributed by atoms with Gasteiger partial charge in [0, 0.05) is 30.0 Å². The van der Waals surface area contributed by atoms with E-state index in [1.165, 1.54) is 4.90 Å². The lowest BCUT2D eigenvalue weighted by Crippen LogP contribution is -2.34. The van der Waals surface area contributed by atoms with E-state index in [1.54, 1.807) is 18.9 Å². The van der Waals surface area contributed by atoms with Gasteiger partial charge >= 0.3 is 0 Å². The van der Waals surface area contributed by atoms with E-state index in [4.69, 9.17) is 4.74 Å². The molecule has 0 radical (unpaired) electrons. The first-order chi connectivity index (χ1) is 11.3. The van der Waals surface area contributed by atoms with E-state index in [2.05, 4.69) is 28.8 Å². The summed E-state index contributed by atoms with van der Waals surface area (Å²) in [5.41, 5.74) is 1.12. The molecule has 0 unspecified atom stereocenters. The van der Waals surface area contributed by atoms with Crippen molar-refractivity contribution in [1.29, 1.82) is 0 Å². The smallest absolute Gasteiger partial charge is 0.234 e. The molecule has 2 N–H and O–H groups in total. The molecule has 0 heterocycles. The summed E-state index contributed by atoms with van der Waals surface area (Å²) >= 11 is 1.71. The summed E-state index contributed by atoms with van der Waals surface area (Å²) in [6.07, 6.45) is 0. The minimum absolute atomic E-state index is 0.0133. The third-order valence-electron chi connectivity index (χ3n) is 3.19. The van der Waals surface area contributed by atoms with Crippen molar-refractivity contribution in [3.8, 4) is 0 Å². The summed E-state index contributed by atoms with van der Waals surface area (Å²) in [7, 11) is 1.64. The number of hydrogen-bond donors (Lipinski definition) is 2. The molecule has 0 saturated carbocycles. The Morgan fingerprint density at radius 3 is 2.61 bits per heavy atom. The van der Waals surface area contributed by atoms with Crippen molar-refractivity contribution < 1.29 is 9.53 Å². The minimum Gasteiger partial charge on any atom is -0.383 e. The van der Waals surface area contributed by atoms with Gasteiger partial charge in [0.15, 0.2) is 0 Å². The number of carbonyl (C=O) groups is 1. The minimum atomic E-state index is -0.0133. The molecule has 0 fully saturated rings. The lowest BCUT2D eigenvalue weighted by atomic mass is 10.2. The first-order valence-electron chi connectivity index (χ1n) is 7.57. The van der Waals surface area contributed by atoms with E-state index >= 15 is 0 Å². The molecule has 1 amide bonds. The van der Waals surface area contributed by atoms with Crippen LogP contribution in [0, 0.1) is 0 Å². The number of rotatable bonds is 9. The standard InChI is InChI=1S/C18H22N2O2S/c1-22-12-11-19-14-18(21)20-13-15-7-5-6-10-17(15)23-16-8-3-2-4-9-16/h2-10,19H,11-14H2,1H3,(H,20,21). The topological polar surface area (TPSA) is 50.4 Å². The number of benzene rings is 2. The van der Waals surface area contributed by atoms with Crippen LogP contribution in [-0.4, -0.2) is 32.7 Å². The summed E-state index contributed by atoms with van der Waals surface area (Å²) in [5, 5.41) is 5.98. The van der Waals surface area contributed by atoms with Crippen LogP contribution in [0.5, 0.6) is 0 Å². The maximum Gasteiger partial charge on any atom is 0.234 e. The third-order valence-corrected chi connectivity index (χ3v) is 4.31. The van der Waals surface area contributed by atoms with Gasteiger partial charge in [-0.25, -0.2) is 0 Å². The number of carbonyl (C=O) groups excluding carboxylic acids is 1. The summed E-state index contributed by atoms with van der Waals surface area (Å²) in [5.74, 6) is -0.0133. The molecule has 0 aliphatic carbocycles. The zero-order valence-electron chi connectivity index (χ0n) is 13.2. The first-order valence-corrected chi connectivity index (χ1v) is 8.38. The Morgan fingerprint density at radius 2 is 1.83 bits per heavy atom. The molecular weight excluding hydrogens is 308 g/mol. The normalized spacial score (nSPS) is 10.5. The molecule has 122 valence electrons. The maximum atomic E-state index is 11.8. The van der Waals surface area contributed by atoms with Crippen LogP contribution < -0.4 is 10.6 Å². The van der Waals surface area contributed by atoms with E-state index < -0.39 is 0 Å². The second-order valence-corrected chi connectivity index (χ2v) is 6.08. The fraction of sp³-hybridized carbons (Fsp3) is 0.278. The molecule has 0 spiro atoms. The zero-order valence-corrected chi connectivity index (χ0v) is 14.1. The Bertz CT molecular complexity index is 605. The first kappa shape index (κ1) is 17.5. The number of amides is 1. The molecule has 0 aliphatic rings. The van der Waals surface area contributed by atoms with Crippen LogP contribution in [0.2, 0.25) is 0 Å². The number of hydrogen-bond acceptors (Lipinski definition) is 4. The van der Waals surface area contributed by atoms with Gasteiger partial charge in [0.1, 0.15) is 0 Å². The Kier molecular flexibility index (Phi) is 7.66. The van der Waals surface area contributed by atoms with Crippen LogP contribution >= 0.6 is 11.8 Å². The van der Waals surface area contributed by atoms with E-state index in [0.717, 1.165) is 10.5 Å². The van der Waals surface area contributed by atoms with Crippen LogP contribution in [0.4, 0.5) is 0 Å². The molecule has 4 nitrogen and oxygen atoms in total. The van der Waals surface area contributed by atoms with Crippen LogP contribution in [0.25, 0.3) is 0 Å². The molecule has 0 bridgehead atoms. The molecule has 0 saturated heterocycles. The van der Waals surface area contributed by atoms with Gasteiger partial charge in [-0.2, -0.15) is 0 Å². The molecule has 0 atom stereocenters. The Morgan fingerprint density at radius 1 is 1.09 bits per heavy atom. The van der Waals surface area contributed by atoms with Crippen molar-refractivity contribution in [2.24, 2.45) is 0 Å². The second kappa shape index (κ2) is 10.0. The highest BCUT2D eigenvalue weighted by atomic mass is 32.2. The van der Waals surface area contributed by atoms with Gasteiger partial charge in [-0.1, -0.05) is 48.2 Å². The van der Waals surface area contributed by atoms with Gasteiger partial charge in [-0.05, 0) is 23.8 Å². The van der Waals surface area contributed by atoms with Gasteiger partial charge in [0.2, 0.25) is 5.91 Å². The largest absolute Gasteiger partial charge is 0.383 e. The predicted octanol–water partition coefficient (Wildman–Crippen LogP) is 2.69. The van der Waals surface area contributed by atoms with Gasteiger partial charge in [0.05, 0.1) is 13.2 Å². The van der Waals surface area contributed by atoms with Crippen molar-refractivity contribution >= 4 is 17.7 Å². The van der Waals surface area contributed by atoms with E-state index in [-0.39, 0.29) is 5.91 Å². The fourth-order valence-corrected chi connectivity index (χ4v) is 2.96. The van der Waals surface area contributed by atoms with Crippen molar-refractivity contribution in [2.75, 3.05) is 26.8 Å². The molecule has 0 aliphatic heterocycles. The molecular formula is C18H22N2O2S. The van der Waals surface area contributed by atoms with E-state index in [1.807, 2.05) is 36.4 Å². The van der Waals surface area contributed by atoms with E-state index in [9.17, 15) is 4.79 Å². The molecule has 23 heavy (non-hydrogen) atoms. The van der Waals surface area contributed by atoms with Crippen molar-refractivity contribution in [3.63, 3.8) is 0 Å². The van der Waals surface area contributed by atoms with Crippen molar-refractivity contribution in [3.05, 3.63) is 60.2 Å². The summed E-state index contributed by atoms with van der Waals surface area (Å²) in [6.45, 7) is 2.10. The number of nitrogens with one attached hydrogen (secondary N) is 2. The second-order valence-electron chi connectivity index (χ2n) is 4.97. The number of methoxy groups -OCH3 is 1. The SMILES string of the molecule is COCCNCC(=O)NCc1ccccc1Sc1ccccc1. The number of ether oxygens (including phenoxy) is 1. The highest BCUT2D eigenvalue weighted by Crippen LogP contribution is 2.30. The van der Waals surface area contributed by atoms with Crippen LogP contribution in [0.15, 0.2) is 64.4 Å². The van der Waals surface area contributed by atoms with Crippen molar-refractivity contribution in [2.45, 2.75) is 16.3 Å². The Labute approximate surface area is 141 Å². The van der Waals surface area contributed by atoms with Gasteiger partial charge in [0.25, 0.3) is 0 Å². The van der Waals surface area contributed by atoms with E-state index in [0.29, 0.717) is 26.2 Å². The van der Waals surface area contributed by atoms with Crippen LogP contribution in [-0.2, 0) is 16.1 Å². The lowest BCUT2D eigenvalue weighted by molar-refractivity contribution is -0.120. The average Bonchev–Trinajstić information content (AvgIpc) is 2.59. The van der Waals surface area contributed by atoms with Crippen LogP contribution in [0.1, 0.15) is 5.56 Å². The molecule has 2 aromatic carbocycles. The summed E-state index contributed by atoms with van der Waals surface area (Å²) in [6, 6.07) is 18.4. The van der Waals surface area contributed by atoms with Gasteiger partial charge in [-0.15, -0.1) is 0 Å². The van der Waals surface area contributed by atoms with Crippen LogP contribution in [0.3, 0.4) is 0 Å². The highest BCUT2D eigenvalue weighted by molar-refractivity contribution is 7.99. The molecule has 5 heteroatoms. The molecule has 2 aromatic rings.